The number of amides is 1. The predicted octanol–water partition coefficient (Wildman–Crippen LogP) is 2.77. The smallest absolute Gasteiger partial charge is 0.265 e. The second kappa shape index (κ2) is 8.91. The van der Waals surface area contributed by atoms with E-state index in [9.17, 15) is 13.2 Å². The number of ether oxygens (including phenoxy) is 2. The Balaban J connectivity index is 1.69. The first kappa shape index (κ1) is 20.6. The molecule has 1 saturated heterocycles. The summed E-state index contributed by atoms with van der Waals surface area (Å²) >= 11 is 5.91. The Morgan fingerprint density at radius 1 is 1.18 bits per heavy atom. The van der Waals surface area contributed by atoms with Gasteiger partial charge in [-0.1, -0.05) is 23.7 Å². The summed E-state index contributed by atoms with van der Waals surface area (Å²) < 4.78 is 37.7. The van der Waals surface area contributed by atoms with Crippen LogP contribution in [-0.2, 0) is 19.6 Å². The number of hydrogen-bond donors (Lipinski definition) is 1. The minimum atomic E-state index is -3.64. The molecule has 1 unspecified atom stereocenters. The summed E-state index contributed by atoms with van der Waals surface area (Å²) in [6.07, 6.45) is -0.794. The van der Waals surface area contributed by atoms with Crippen molar-refractivity contribution in [3.05, 3.63) is 53.6 Å². The molecule has 7 nitrogen and oxygen atoms in total. The van der Waals surface area contributed by atoms with E-state index in [4.69, 9.17) is 21.1 Å². The lowest BCUT2D eigenvalue weighted by atomic mass is 10.3. The number of benzene rings is 2. The van der Waals surface area contributed by atoms with Gasteiger partial charge in [-0.15, -0.1) is 0 Å². The number of nitrogens with one attached hydrogen (secondary N) is 1. The van der Waals surface area contributed by atoms with Gasteiger partial charge in [0.15, 0.2) is 6.10 Å². The van der Waals surface area contributed by atoms with E-state index in [2.05, 4.69) is 5.32 Å². The van der Waals surface area contributed by atoms with E-state index in [0.29, 0.717) is 42.8 Å². The van der Waals surface area contributed by atoms with Crippen molar-refractivity contribution in [2.24, 2.45) is 0 Å². The average molecular weight is 425 g/mol. The minimum Gasteiger partial charge on any atom is -0.481 e. The first-order valence-electron chi connectivity index (χ1n) is 8.77. The maximum atomic E-state index is 12.8. The van der Waals surface area contributed by atoms with Gasteiger partial charge in [0, 0.05) is 23.8 Å². The van der Waals surface area contributed by atoms with E-state index in [1.54, 1.807) is 43.3 Å². The Labute approximate surface area is 169 Å². The summed E-state index contributed by atoms with van der Waals surface area (Å²) in [5, 5.41) is 3.19. The zero-order valence-electron chi connectivity index (χ0n) is 15.3. The number of halogens is 1. The molecule has 0 saturated carbocycles. The lowest BCUT2D eigenvalue weighted by Crippen LogP contribution is -2.40. The summed E-state index contributed by atoms with van der Waals surface area (Å²) in [4.78, 5) is 12.5. The predicted molar refractivity (Wildman–Crippen MR) is 106 cm³/mol. The fourth-order valence-corrected chi connectivity index (χ4v) is 4.35. The van der Waals surface area contributed by atoms with Crippen molar-refractivity contribution in [1.29, 1.82) is 0 Å². The van der Waals surface area contributed by atoms with Gasteiger partial charge in [0.1, 0.15) is 5.75 Å². The Bertz CT molecular complexity index is 945. The fourth-order valence-electron chi connectivity index (χ4n) is 2.71. The highest BCUT2D eigenvalue weighted by Crippen LogP contribution is 2.22. The van der Waals surface area contributed by atoms with Crippen LogP contribution in [0.5, 0.6) is 5.75 Å². The highest BCUT2D eigenvalue weighted by atomic mass is 35.5. The summed E-state index contributed by atoms with van der Waals surface area (Å²) in [5.41, 5.74) is 0.376. The van der Waals surface area contributed by atoms with Gasteiger partial charge in [0.2, 0.25) is 10.0 Å². The molecule has 1 fully saturated rings. The second-order valence-corrected chi connectivity index (χ2v) is 8.63. The average Bonchev–Trinajstić information content (AvgIpc) is 2.69. The number of anilines is 1. The van der Waals surface area contributed by atoms with E-state index in [1.807, 2.05) is 0 Å². The van der Waals surface area contributed by atoms with Crippen molar-refractivity contribution in [3.8, 4) is 5.75 Å². The molecule has 1 N–H and O–H groups in total. The molecule has 0 bridgehead atoms. The molecule has 0 radical (unpaired) electrons. The van der Waals surface area contributed by atoms with Crippen LogP contribution in [0.15, 0.2) is 53.4 Å². The Kier molecular flexibility index (Phi) is 6.56. The van der Waals surface area contributed by atoms with Gasteiger partial charge in [-0.3, -0.25) is 4.79 Å². The van der Waals surface area contributed by atoms with Gasteiger partial charge in [0.05, 0.1) is 18.1 Å². The fraction of sp³-hybridized carbons (Fsp3) is 0.316. The highest BCUT2D eigenvalue weighted by Gasteiger charge is 2.26. The molecule has 9 heteroatoms. The number of morpholine rings is 1. The quantitative estimate of drug-likeness (QED) is 0.770. The van der Waals surface area contributed by atoms with Crippen LogP contribution in [0.1, 0.15) is 6.92 Å². The van der Waals surface area contributed by atoms with Crippen molar-refractivity contribution in [2.75, 3.05) is 31.6 Å². The number of rotatable bonds is 6. The summed E-state index contributed by atoms with van der Waals surface area (Å²) in [6, 6.07) is 12.9. The molecule has 1 heterocycles. The maximum Gasteiger partial charge on any atom is 0.265 e. The van der Waals surface area contributed by atoms with Crippen molar-refractivity contribution < 1.29 is 22.7 Å². The molecule has 1 aliphatic rings. The Hall–Kier alpha value is -2.13. The molecule has 0 aliphatic carbocycles. The van der Waals surface area contributed by atoms with Crippen LogP contribution >= 0.6 is 11.6 Å². The molecule has 2 aromatic rings. The maximum absolute atomic E-state index is 12.8. The van der Waals surface area contributed by atoms with Gasteiger partial charge >= 0.3 is 0 Å². The molecule has 28 heavy (non-hydrogen) atoms. The van der Waals surface area contributed by atoms with E-state index in [-0.39, 0.29) is 4.90 Å². The van der Waals surface area contributed by atoms with Crippen LogP contribution in [-0.4, -0.2) is 51.0 Å². The van der Waals surface area contributed by atoms with Gasteiger partial charge in [-0.05, 0) is 43.3 Å². The number of nitrogens with zero attached hydrogens (tertiary/aromatic N) is 1. The van der Waals surface area contributed by atoms with Crippen LogP contribution in [0, 0.1) is 0 Å². The molecule has 150 valence electrons. The van der Waals surface area contributed by atoms with Gasteiger partial charge in [-0.25, -0.2) is 8.42 Å². The minimum absolute atomic E-state index is 0.121. The van der Waals surface area contributed by atoms with Crippen molar-refractivity contribution in [1.82, 2.24) is 4.31 Å². The lowest BCUT2D eigenvalue weighted by molar-refractivity contribution is -0.122. The summed E-state index contributed by atoms with van der Waals surface area (Å²) in [6.45, 7) is 2.96. The summed E-state index contributed by atoms with van der Waals surface area (Å²) in [5.74, 6) is 0.0692. The standard InChI is InChI=1S/C19H21ClN2O5S/c1-14(27-17-6-2-4-15(20)12-17)19(23)21-16-5-3-7-18(13-16)28(24,25)22-8-10-26-11-9-22/h2-7,12-14H,8-11H2,1H3,(H,21,23). The number of carbonyl (C=O) groups is 1. The highest BCUT2D eigenvalue weighted by molar-refractivity contribution is 7.89. The van der Waals surface area contributed by atoms with Crippen molar-refractivity contribution >= 4 is 33.2 Å². The monoisotopic (exact) mass is 424 g/mol. The molecule has 2 aromatic carbocycles. The van der Waals surface area contributed by atoms with E-state index < -0.39 is 22.0 Å². The molecule has 1 amide bonds. The van der Waals surface area contributed by atoms with Gasteiger partial charge < -0.3 is 14.8 Å². The lowest BCUT2D eigenvalue weighted by Gasteiger charge is -2.26. The zero-order chi connectivity index (χ0) is 20.1. The van der Waals surface area contributed by atoms with Gasteiger partial charge in [-0.2, -0.15) is 4.31 Å². The van der Waals surface area contributed by atoms with E-state index in [0.717, 1.165) is 0 Å². The molecule has 3 rings (SSSR count). The first-order valence-corrected chi connectivity index (χ1v) is 10.6. The van der Waals surface area contributed by atoms with Crippen LogP contribution in [0.3, 0.4) is 0 Å². The molecular formula is C19H21ClN2O5S. The van der Waals surface area contributed by atoms with Crippen molar-refractivity contribution in [2.45, 2.75) is 17.9 Å². The topological polar surface area (TPSA) is 84.9 Å². The van der Waals surface area contributed by atoms with Gasteiger partial charge in [0.25, 0.3) is 5.91 Å². The normalized spacial score (nSPS) is 16.4. The largest absolute Gasteiger partial charge is 0.481 e. The Morgan fingerprint density at radius 3 is 2.61 bits per heavy atom. The zero-order valence-corrected chi connectivity index (χ0v) is 16.9. The van der Waals surface area contributed by atoms with Crippen LogP contribution in [0.25, 0.3) is 0 Å². The third-order valence-electron chi connectivity index (χ3n) is 4.19. The van der Waals surface area contributed by atoms with Crippen LogP contribution in [0.2, 0.25) is 5.02 Å². The molecule has 1 aliphatic heterocycles. The van der Waals surface area contributed by atoms with E-state index in [1.165, 1.54) is 16.4 Å². The Morgan fingerprint density at radius 2 is 1.89 bits per heavy atom. The summed E-state index contributed by atoms with van der Waals surface area (Å²) in [7, 11) is -3.64. The third kappa shape index (κ3) is 5.02. The van der Waals surface area contributed by atoms with E-state index >= 15 is 0 Å². The van der Waals surface area contributed by atoms with Crippen molar-refractivity contribution in [3.63, 3.8) is 0 Å². The molecule has 0 aromatic heterocycles. The molecule has 1 atom stereocenters. The number of hydrogen-bond acceptors (Lipinski definition) is 5. The molecular weight excluding hydrogens is 404 g/mol. The van der Waals surface area contributed by atoms with Crippen LogP contribution < -0.4 is 10.1 Å². The number of sulfonamides is 1. The molecule has 0 spiro atoms. The third-order valence-corrected chi connectivity index (χ3v) is 6.32. The van der Waals surface area contributed by atoms with Crippen LogP contribution in [0.4, 0.5) is 5.69 Å². The number of carbonyl (C=O) groups excluding carboxylic acids is 1. The SMILES string of the molecule is CC(Oc1cccc(Cl)c1)C(=O)Nc1cccc(S(=O)(=O)N2CCOCC2)c1. The second-order valence-electron chi connectivity index (χ2n) is 6.25. The first-order chi connectivity index (χ1) is 13.4.